The maximum atomic E-state index is 13.4. The molecule has 18 heavy (non-hydrogen) atoms. The Hall–Kier alpha value is -1.62. The van der Waals surface area contributed by atoms with Crippen molar-refractivity contribution in [1.82, 2.24) is 5.32 Å². The number of ether oxygens (including phenoxy) is 1. The van der Waals surface area contributed by atoms with Gasteiger partial charge in [0.2, 0.25) is 0 Å². The first kappa shape index (κ1) is 14.4. The Kier molecular flexibility index (Phi) is 4.29. The van der Waals surface area contributed by atoms with E-state index in [9.17, 15) is 14.0 Å². The van der Waals surface area contributed by atoms with Crippen molar-refractivity contribution in [3.05, 3.63) is 34.6 Å². The van der Waals surface area contributed by atoms with Crippen LogP contribution in [0.1, 0.15) is 24.2 Å². The van der Waals surface area contributed by atoms with Crippen LogP contribution in [0.2, 0.25) is 5.02 Å². The highest BCUT2D eigenvalue weighted by atomic mass is 35.5. The van der Waals surface area contributed by atoms with Crippen LogP contribution in [0.15, 0.2) is 18.2 Å². The quantitative estimate of drug-likeness (QED) is 0.859. The Morgan fingerprint density at radius 1 is 1.39 bits per heavy atom. The van der Waals surface area contributed by atoms with Gasteiger partial charge in [0, 0.05) is 5.02 Å². The lowest BCUT2D eigenvalue weighted by Gasteiger charge is -2.23. The third-order valence-corrected chi connectivity index (χ3v) is 2.53. The van der Waals surface area contributed by atoms with E-state index in [1.807, 2.05) is 0 Å². The van der Waals surface area contributed by atoms with Gasteiger partial charge in [0.05, 0.1) is 12.7 Å². The molecule has 0 heterocycles. The normalized spacial score (nSPS) is 10.9. The van der Waals surface area contributed by atoms with E-state index in [1.165, 1.54) is 33.1 Å². The molecule has 0 spiro atoms. The predicted octanol–water partition coefficient (Wildman–Crippen LogP) is 2.16. The molecule has 98 valence electrons. The summed E-state index contributed by atoms with van der Waals surface area (Å²) in [6.45, 7) is 2.92. The zero-order valence-electron chi connectivity index (χ0n) is 10.2. The van der Waals surface area contributed by atoms with Gasteiger partial charge in [-0.3, -0.25) is 4.79 Å². The van der Waals surface area contributed by atoms with E-state index in [0.29, 0.717) is 0 Å². The molecule has 4 nitrogen and oxygen atoms in total. The molecule has 0 saturated carbocycles. The van der Waals surface area contributed by atoms with Crippen molar-refractivity contribution in [3.63, 3.8) is 0 Å². The molecule has 1 aromatic carbocycles. The van der Waals surface area contributed by atoms with E-state index in [0.717, 1.165) is 6.07 Å². The molecule has 0 unspecified atom stereocenters. The summed E-state index contributed by atoms with van der Waals surface area (Å²) in [5.41, 5.74) is -1.47. The zero-order chi connectivity index (χ0) is 13.9. The predicted molar refractivity (Wildman–Crippen MR) is 65.0 cm³/mol. The number of benzene rings is 1. The maximum Gasteiger partial charge on any atom is 0.330 e. The second kappa shape index (κ2) is 5.35. The van der Waals surface area contributed by atoms with Gasteiger partial charge in [-0.05, 0) is 32.0 Å². The molecule has 0 atom stereocenters. The zero-order valence-corrected chi connectivity index (χ0v) is 11.0. The molecule has 0 fully saturated rings. The van der Waals surface area contributed by atoms with Crippen LogP contribution in [-0.4, -0.2) is 24.5 Å². The van der Waals surface area contributed by atoms with Crippen molar-refractivity contribution in [2.24, 2.45) is 0 Å². The number of carbonyl (C=O) groups is 2. The summed E-state index contributed by atoms with van der Waals surface area (Å²) >= 11 is 5.68. The van der Waals surface area contributed by atoms with E-state index in [2.05, 4.69) is 10.1 Å². The molecular formula is C12H13ClFNO3. The SMILES string of the molecule is COC(=O)C(C)(C)NC(=O)c1cc(Cl)ccc1F. The molecule has 0 aliphatic carbocycles. The van der Waals surface area contributed by atoms with E-state index in [-0.39, 0.29) is 10.6 Å². The first-order chi connectivity index (χ1) is 8.27. The molecule has 1 N–H and O–H groups in total. The van der Waals surface area contributed by atoms with Crippen LogP contribution in [0, 0.1) is 5.82 Å². The number of nitrogens with one attached hydrogen (secondary N) is 1. The minimum Gasteiger partial charge on any atom is -0.467 e. The summed E-state index contributed by atoms with van der Waals surface area (Å²) in [6.07, 6.45) is 0. The van der Waals surface area contributed by atoms with E-state index in [4.69, 9.17) is 11.6 Å². The molecule has 6 heteroatoms. The summed E-state index contributed by atoms with van der Waals surface area (Å²) in [7, 11) is 1.20. The molecule has 0 saturated heterocycles. The van der Waals surface area contributed by atoms with Crippen molar-refractivity contribution in [2.75, 3.05) is 7.11 Å². The fraction of sp³-hybridized carbons (Fsp3) is 0.333. The van der Waals surface area contributed by atoms with Gasteiger partial charge < -0.3 is 10.1 Å². The Morgan fingerprint density at radius 2 is 2.00 bits per heavy atom. The summed E-state index contributed by atoms with van der Waals surface area (Å²) < 4.78 is 18.0. The second-order valence-electron chi connectivity index (χ2n) is 4.19. The van der Waals surface area contributed by atoms with Crippen molar-refractivity contribution in [2.45, 2.75) is 19.4 Å². The van der Waals surface area contributed by atoms with Crippen LogP contribution >= 0.6 is 11.6 Å². The number of methoxy groups -OCH3 is 1. The Labute approximate surface area is 109 Å². The van der Waals surface area contributed by atoms with Crippen LogP contribution in [-0.2, 0) is 9.53 Å². The molecule has 1 amide bonds. The minimum absolute atomic E-state index is 0.223. The fourth-order valence-corrected chi connectivity index (χ4v) is 1.50. The Balaban J connectivity index is 2.95. The second-order valence-corrected chi connectivity index (χ2v) is 4.63. The monoisotopic (exact) mass is 273 g/mol. The molecular weight excluding hydrogens is 261 g/mol. The lowest BCUT2D eigenvalue weighted by molar-refractivity contribution is -0.146. The topological polar surface area (TPSA) is 55.4 Å². The third-order valence-electron chi connectivity index (χ3n) is 2.29. The molecule has 0 aromatic heterocycles. The van der Waals surface area contributed by atoms with Crippen LogP contribution in [0.3, 0.4) is 0 Å². The highest BCUT2D eigenvalue weighted by Gasteiger charge is 2.31. The van der Waals surface area contributed by atoms with E-state index in [1.54, 1.807) is 0 Å². The van der Waals surface area contributed by atoms with Crippen LogP contribution in [0.4, 0.5) is 4.39 Å². The molecule has 1 aromatic rings. The lowest BCUT2D eigenvalue weighted by atomic mass is 10.0. The highest BCUT2D eigenvalue weighted by molar-refractivity contribution is 6.31. The third kappa shape index (κ3) is 3.20. The summed E-state index contributed by atoms with van der Waals surface area (Å²) in [6, 6.07) is 3.61. The van der Waals surface area contributed by atoms with Gasteiger partial charge in [0.25, 0.3) is 5.91 Å². The Morgan fingerprint density at radius 3 is 2.56 bits per heavy atom. The van der Waals surface area contributed by atoms with Crippen LogP contribution < -0.4 is 5.32 Å². The van der Waals surface area contributed by atoms with Gasteiger partial charge >= 0.3 is 5.97 Å². The van der Waals surface area contributed by atoms with Crippen LogP contribution in [0.5, 0.6) is 0 Å². The largest absolute Gasteiger partial charge is 0.467 e. The lowest BCUT2D eigenvalue weighted by Crippen LogP contribution is -2.50. The van der Waals surface area contributed by atoms with Gasteiger partial charge in [-0.15, -0.1) is 0 Å². The molecule has 0 aliphatic heterocycles. The fourth-order valence-electron chi connectivity index (χ4n) is 1.33. The van der Waals surface area contributed by atoms with Gasteiger partial charge in [-0.25, -0.2) is 9.18 Å². The number of esters is 1. The van der Waals surface area contributed by atoms with Gasteiger partial charge in [-0.2, -0.15) is 0 Å². The van der Waals surface area contributed by atoms with Crippen LogP contribution in [0.25, 0.3) is 0 Å². The number of hydrogen-bond donors (Lipinski definition) is 1. The van der Waals surface area contributed by atoms with Crippen molar-refractivity contribution in [1.29, 1.82) is 0 Å². The summed E-state index contributed by atoms with van der Waals surface area (Å²) in [5, 5.41) is 2.61. The van der Waals surface area contributed by atoms with Crippen molar-refractivity contribution < 1.29 is 18.7 Å². The molecule has 0 radical (unpaired) electrons. The van der Waals surface area contributed by atoms with Gasteiger partial charge in [0.15, 0.2) is 0 Å². The van der Waals surface area contributed by atoms with E-state index < -0.39 is 23.2 Å². The summed E-state index contributed by atoms with van der Waals surface area (Å²) in [4.78, 5) is 23.2. The number of rotatable bonds is 3. The maximum absolute atomic E-state index is 13.4. The number of halogens is 2. The number of carbonyl (C=O) groups excluding carboxylic acids is 2. The average molecular weight is 274 g/mol. The van der Waals surface area contributed by atoms with Gasteiger partial charge in [0.1, 0.15) is 11.4 Å². The Bertz CT molecular complexity index is 488. The van der Waals surface area contributed by atoms with Crippen molar-refractivity contribution >= 4 is 23.5 Å². The molecule has 0 bridgehead atoms. The summed E-state index contributed by atoms with van der Waals surface area (Å²) in [5.74, 6) is -2.07. The first-order valence-corrected chi connectivity index (χ1v) is 5.51. The van der Waals surface area contributed by atoms with Gasteiger partial charge in [-0.1, -0.05) is 11.6 Å². The van der Waals surface area contributed by atoms with E-state index >= 15 is 0 Å². The minimum atomic E-state index is -1.25. The molecule has 1 rings (SSSR count). The highest BCUT2D eigenvalue weighted by Crippen LogP contribution is 2.16. The number of hydrogen-bond acceptors (Lipinski definition) is 3. The standard InChI is InChI=1S/C12H13ClFNO3/c1-12(2,11(17)18-3)15-10(16)8-6-7(13)4-5-9(8)14/h4-6H,1-3H3,(H,15,16). The van der Waals surface area contributed by atoms with Crippen molar-refractivity contribution in [3.8, 4) is 0 Å². The smallest absolute Gasteiger partial charge is 0.330 e. The first-order valence-electron chi connectivity index (χ1n) is 5.14. The number of amides is 1. The average Bonchev–Trinajstić information content (AvgIpc) is 2.30. The molecule has 0 aliphatic rings.